The fourth-order valence-corrected chi connectivity index (χ4v) is 2.97. The van der Waals surface area contributed by atoms with Crippen LogP contribution in [0.3, 0.4) is 0 Å². The number of aromatic nitrogens is 2. The zero-order valence-electron chi connectivity index (χ0n) is 15.5. The number of nitrogens with zero attached hydrogens (tertiary/aromatic N) is 3. The fourth-order valence-electron chi connectivity index (χ4n) is 2.97. The summed E-state index contributed by atoms with van der Waals surface area (Å²) in [6.45, 7) is 5.81. The first-order valence-corrected chi connectivity index (χ1v) is 8.82. The molecule has 1 unspecified atom stereocenters. The molecule has 1 aromatic heterocycles. The van der Waals surface area contributed by atoms with Crippen molar-refractivity contribution < 1.29 is 9.53 Å². The van der Waals surface area contributed by atoms with E-state index in [4.69, 9.17) is 4.74 Å². The van der Waals surface area contributed by atoms with Crippen LogP contribution in [0.15, 0.2) is 30.6 Å². The summed E-state index contributed by atoms with van der Waals surface area (Å²) in [4.78, 5) is 22.8. The number of amides is 2. The minimum absolute atomic E-state index is 0.128. The van der Waals surface area contributed by atoms with Crippen LogP contribution in [0.5, 0.6) is 5.75 Å². The summed E-state index contributed by atoms with van der Waals surface area (Å²) in [7, 11) is 2.10. The van der Waals surface area contributed by atoms with Gasteiger partial charge in [-0.05, 0) is 58.0 Å². The molecule has 1 aliphatic heterocycles. The van der Waals surface area contributed by atoms with E-state index in [1.807, 2.05) is 32.0 Å². The van der Waals surface area contributed by atoms with Crippen molar-refractivity contribution in [2.45, 2.75) is 32.8 Å². The molecule has 1 saturated heterocycles. The highest BCUT2D eigenvalue weighted by Gasteiger charge is 2.20. The van der Waals surface area contributed by atoms with Crippen molar-refractivity contribution in [2.75, 3.05) is 30.8 Å². The molecule has 2 aromatic rings. The van der Waals surface area contributed by atoms with Crippen molar-refractivity contribution in [3.05, 3.63) is 41.9 Å². The third-order valence-electron chi connectivity index (χ3n) is 4.28. The highest BCUT2D eigenvalue weighted by Crippen LogP contribution is 2.28. The molecule has 7 heteroatoms. The zero-order valence-corrected chi connectivity index (χ0v) is 15.5. The summed E-state index contributed by atoms with van der Waals surface area (Å²) < 4.78 is 6.17. The maximum atomic E-state index is 12.3. The number of carbonyl (C=O) groups excluding carboxylic acids is 1. The van der Waals surface area contributed by atoms with Crippen LogP contribution in [0.2, 0.25) is 0 Å². The maximum Gasteiger partial charge on any atom is 0.324 e. The summed E-state index contributed by atoms with van der Waals surface area (Å²) in [5, 5.41) is 5.55. The van der Waals surface area contributed by atoms with Crippen LogP contribution in [0, 0.1) is 13.8 Å². The quantitative estimate of drug-likeness (QED) is 0.880. The number of aryl methyl sites for hydroxylation is 2. The highest BCUT2D eigenvalue weighted by molar-refractivity contribution is 6.00. The van der Waals surface area contributed by atoms with Gasteiger partial charge in [-0.25, -0.2) is 9.78 Å². The number of hydrogen-bond acceptors (Lipinski definition) is 5. The van der Waals surface area contributed by atoms with Gasteiger partial charge in [-0.15, -0.1) is 0 Å². The molecule has 1 aliphatic rings. The standard InChI is InChI=1S/C19H25N5O2/c1-13-6-7-17(26-15-5-4-8-24(3)12-15)16(9-13)22-19(25)23-18-11-20-14(2)10-21-18/h6-7,9-11,15H,4-5,8,12H2,1-3H3,(H2,21,22,23,25). The van der Waals surface area contributed by atoms with Crippen LogP contribution in [0.4, 0.5) is 16.3 Å². The van der Waals surface area contributed by atoms with Gasteiger partial charge in [0.05, 0.1) is 23.8 Å². The molecule has 0 aliphatic carbocycles. The Kier molecular flexibility index (Phi) is 5.68. The van der Waals surface area contributed by atoms with E-state index in [1.165, 1.54) is 6.20 Å². The van der Waals surface area contributed by atoms with Crippen LogP contribution in [0.25, 0.3) is 0 Å². The molecule has 2 heterocycles. The SMILES string of the molecule is Cc1ccc(OC2CCCN(C)C2)c(NC(=O)Nc2cnc(C)cn2)c1. The van der Waals surface area contributed by atoms with Gasteiger partial charge < -0.3 is 15.0 Å². The number of hydrogen-bond donors (Lipinski definition) is 2. The van der Waals surface area contributed by atoms with E-state index in [9.17, 15) is 4.79 Å². The number of likely N-dealkylation sites (tertiary alicyclic amines) is 1. The molecule has 1 fully saturated rings. The smallest absolute Gasteiger partial charge is 0.324 e. The first-order chi connectivity index (χ1) is 12.5. The van der Waals surface area contributed by atoms with Crippen molar-refractivity contribution in [3.63, 3.8) is 0 Å². The van der Waals surface area contributed by atoms with Gasteiger partial charge in [0.15, 0.2) is 5.82 Å². The molecule has 26 heavy (non-hydrogen) atoms. The molecule has 0 bridgehead atoms. The number of carbonyl (C=O) groups is 1. The second-order valence-corrected chi connectivity index (χ2v) is 6.77. The van der Waals surface area contributed by atoms with E-state index in [2.05, 4.69) is 32.5 Å². The highest BCUT2D eigenvalue weighted by atomic mass is 16.5. The number of ether oxygens (including phenoxy) is 1. The van der Waals surface area contributed by atoms with E-state index in [0.717, 1.165) is 37.2 Å². The molecule has 138 valence electrons. The Balaban J connectivity index is 1.68. The lowest BCUT2D eigenvalue weighted by Gasteiger charge is -2.30. The number of anilines is 2. The molecule has 7 nitrogen and oxygen atoms in total. The number of nitrogens with one attached hydrogen (secondary N) is 2. The fraction of sp³-hybridized carbons (Fsp3) is 0.421. The van der Waals surface area contributed by atoms with E-state index in [0.29, 0.717) is 17.3 Å². The van der Waals surface area contributed by atoms with Crippen LogP contribution in [-0.4, -0.2) is 47.1 Å². The second-order valence-electron chi connectivity index (χ2n) is 6.77. The molecule has 0 radical (unpaired) electrons. The van der Waals surface area contributed by atoms with Crippen LogP contribution in [0.1, 0.15) is 24.1 Å². The van der Waals surface area contributed by atoms with Gasteiger partial charge in [0.25, 0.3) is 0 Å². The van der Waals surface area contributed by atoms with Crippen molar-refractivity contribution in [1.82, 2.24) is 14.9 Å². The summed E-state index contributed by atoms with van der Waals surface area (Å²) in [6, 6.07) is 5.42. The Morgan fingerprint density at radius 3 is 2.81 bits per heavy atom. The Hall–Kier alpha value is -2.67. The van der Waals surface area contributed by atoms with Crippen molar-refractivity contribution in [3.8, 4) is 5.75 Å². The topological polar surface area (TPSA) is 79.4 Å². The Labute approximate surface area is 153 Å². The van der Waals surface area contributed by atoms with Gasteiger partial charge in [0, 0.05) is 6.54 Å². The minimum atomic E-state index is -0.376. The van der Waals surface area contributed by atoms with Gasteiger partial charge in [0.2, 0.25) is 0 Å². The number of piperidine rings is 1. The van der Waals surface area contributed by atoms with Crippen LogP contribution < -0.4 is 15.4 Å². The molecule has 1 aromatic carbocycles. The first-order valence-electron chi connectivity index (χ1n) is 8.82. The van der Waals surface area contributed by atoms with E-state index < -0.39 is 0 Å². The number of urea groups is 1. The zero-order chi connectivity index (χ0) is 18.5. The normalized spacial score (nSPS) is 17.6. The monoisotopic (exact) mass is 355 g/mol. The van der Waals surface area contributed by atoms with E-state index >= 15 is 0 Å². The molecule has 2 amide bonds. The predicted molar refractivity (Wildman–Crippen MR) is 102 cm³/mol. The number of likely N-dealkylation sites (N-methyl/N-ethyl adjacent to an activating group) is 1. The van der Waals surface area contributed by atoms with Crippen molar-refractivity contribution >= 4 is 17.5 Å². The van der Waals surface area contributed by atoms with Gasteiger partial charge in [-0.3, -0.25) is 10.3 Å². The van der Waals surface area contributed by atoms with E-state index in [1.54, 1.807) is 6.20 Å². The maximum absolute atomic E-state index is 12.3. The first kappa shape index (κ1) is 18.1. The van der Waals surface area contributed by atoms with Gasteiger partial charge in [0.1, 0.15) is 11.9 Å². The summed E-state index contributed by atoms with van der Waals surface area (Å²) >= 11 is 0. The van der Waals surface area contributed by atoms with Crippen molar-refractivity contribution in [1.29, 1.82) is 0 Å². The summed E-state index contributed by atoms with van der Waals surface area (Å²) in [6.07, 6.45) is 5.39. The van der Waals surface area contributed by atoms with Gasteiger partial charge in [-0.2, -0.15) is 0 Å². The number of rotatable bonds is 4. The third kappa shape index (κ3) is 4.92. The average Bonchev–Trinajstić information content (AvgIpc) is 2.59. The van der Waals surface area contributed by atoms with E-state index in [-0.39, 0.29) is 12.1 Å². The lowest BCUT2D eigenvalue weighted by Crippen LogP contribution is -2.38. The lowest BCUT2D eigenvalue weighted by molar-refractivity contribution is 0.105. The average molecular weight is 355 g/mol. The molecule has 1 atom stereocenters. The molecule has 2 N–H and O–H groups in total. The Morgan fingerprint density at radius 2 is 2.08 bits per heavy atom. The molecular formula is C19H25N5O2. The summed E-state index contributed by atoms with van der Waals surface area (Å²) in [5.41, 5.74) is 2.49. The second kappa shape index (κ2) is 8.14. The third-order valence-corrected chi connectivity index (χ3v) is 4.28. The van der Waals surface area contributed by atoms with Crippen molar-refractivity contribution in [2.24, 2.45) is 0 Å². The molecule has 0 saturated carbocycles. The molecule has 3 rings (SSSR count). The Bertz CT molecular complexity index is 763. The van der Waals surface area contributed by atoms with Gasteiger partial charge in [-0.1, -0.05) is 6.07 Å². The van der Waals surface area contributed by atoms with Gasteiger partial charge >= 0.3 is 6.03 Å². The molecule has 0 spiro atoms. The lowest BCUT2D eigenvalue weighted by atomic mass is 10.1. The minimum Gasteiger partial charge on any atom is -0.487 e. The summed E-state index contributed by atoms with van der Waals surface area (Å²) in [5.74, 6) is 1.08. The van der Waals surface area contributed by atoms with Crippen LogP contribution in [-0.2, 0) is 0 Å². The number of benzene rings is 1. The largest absolute Gasteiger partial charge is 0.487 e. The Morgan fingerprint density at radius 1 is 1.23 bits per heavy atom. The molecular weight excluding hydrogens is 330 g/mol. The van der Waals surface area contributed by atoms with Crippen LogP contribution >= 0.6 is 0 Å². The predicted octanol–water partition coefficient (Wildman–Crippen LogP) is 3.21.